The van der Waals surface area contributed by atoms with Gasteiger partial charge in [-0.2, -0.15) is 0 Å². The number of aromatic nitrogens is 1. The summed E-state index contributed by atoms with van der Waals surface area (Å²) < 4.78 is 0. The summed E-state index contributed by atoms with van der Waals surface area (Å²) in [5.41, 5.74) is 7.99. The number of hydrogen-bond donors (Lipinski definition) is 2. The zero-order valence-corrected chi connectivity index (χ0v) is 16.8. The molecule has 0 spiro atoms. The van der Waals surface area contributed by atoms with Gasteiger partial charge in [-0.3, -0.25) is 4.79 Å². The molecule has 3 aliphatic rings. The average Bonchev–Trinajstić information content (AvgIpc) is 3.20. The molecular weight excluding hydrogens is 368 g/mol. The third-order valence-electron chi connectivity index (χ3n) is 7.01. The van der Waals surface area contributed by atoms with E-state index in [1.54, 1.807) is 0 Å². The zero-order chi connectivity index (χ0) is 20.1. The molecule has 1 unspecified atom stereocenters. The lowest BCUT2D eigenvalue weighted by Crippen LogP contribution is -2.39. The monoisotopic (exact) mass is 392 g/mol. The van der Waals surface area contributed by atoms with Gasteiger partial charge in [-0.25, -0.2) is 0 Å². The second kappa shape index (κ2) is 6.88. The van der Waals surface area contributed by atoms with Crippen LogP contribution < -0.4 is 5.32 Å². The minimum Gasteiger partial charge on any atom is -0.361 e. The fourth-order valence-electron chi connectivity index (χ4n) is 5.72. The van der Waals surface area contributed by atoms with Crippen LogP contribution in [0.3, 0.4) is 0 Å². The number of aromatic amines is 1. The van der Waals surface area contributed by atoms with Crippen molar-refractivity contribution in [2.75, 3.05) is 6.54 Å². The van der Waals surface area contributed by atoms with Gasteiger partial charge in [-0.05, 0) is 46.2 Å². The van der Waals surface area contributed by atoms with Crippen LogP contribution in [0.5, 0.6) is 0 Å². The number of para-hydroxylation sites is 1. The summed E-state index contributed by atoms with van der Waals surface area (Å²) in [6, 6.07) is 25.9. The van der Waals surface area contributed by atoms with Crippen LogP contribution in [-0.4, -0.2) is 17.4 Å². The number of amides is 1. The predicted octanol–water partition coefficient (Wildman–Crippen LogP) is 5.12. The molecule has 0 saturated heterocycles. The Morgan fingerprint density at radius 2 is 1.50 bits per heavy atom. The highest BCUT2D eigenvalue weighted by Crippen LogP contribution is 2.55. The molecule has 1 atom stereocenters. The normalized spacial score (nSPS) is 21.3. The van der Waals surface area contributed by atoms with Crippen molar-refractivity contribution in [3.05, 3.63) is 107 Å². The summed E-state index contributed by atoms with van der Waals surface area (Å²) in [6.45, 7) is 0.727. The maximum Gasteiger partial charge on any atom is 0.224 e. The van der Waals surface area contributed by atoms with E-state index in [0.29, 0.717) is 24.2 Å². The maximum atomic E-state index is 12.8. The minimum absolute atomic E-state index is 0.0998. The molecule has 0 saturated carbocycles. The summed E-state index contributed by atoms with van der Waals surface area (Å²) in [7, 11) is 0. The van der Waals surface area contributed by atoms with E-state index >= 15 is 0 Å². The number of rotatable bonds is 4. The van der Waals surface area contributed by atoms with Crippen LogP contribution in [0, 0.1) is 5.92 Å². The van der Waals surface area contributed by atoms with E-state index in [4.69, 9.17) is 0 Å². The van der Waals surface area contributed by atoms with E-state index in [-0.39, 0.29) is 5.91 Å². The first kappa shape index (κ1) is 17.5. The van der Waals surface area contributed by atoms with Gasteiger partial charge < -0.3 is 10.3 Å². The van der Waals surface area contributed by atoms with Gasteiger partial charge in [-0.1, -0.05) is 66.7 Å². The van der Waals surface area contributed by atoms with E-state index in [2.05, 4.69) is 64.9 Å². The molecule has 3 aromatic carbocycles. The van der Waals surface area contributed by atoms with E-state index < -0.39 is 0 Å². The van der Waals surface area contributed by atoms with Crippen LogP contribution in [0.25, 0.3) is 10.9 Å². The van der Waals surface area contributed by atoms with Crippen molar-refractivity contribution in [1.29, 1.82) is 0 Å². The molecule has 2 N–H and O–H groups in total. The molecule has 2 bridgehead atoms. The van der Waals surface area contributed by atoms with Crippen molar-refractivity contribution >= 4 is 16.8 Å². The third-order valence-corrected chi connectivity index (χ3v) is 7.01. The largest absolute Gasteiger partial charge is 0.361 e. The summed E-state index contributed by atoms with van der Waals surface area (Å²) in [6.07, 6.45) is 3.48. The van der Waals surface area contributed by atoms with Gasteiger partial charge in [0, 0.05) is 35.5 Å². The summed E-state index contributed by atoms with van der Waals surface area (Å²) in [5.74, 6) is 1.35. The molecule has 4 aromatic rings. The Morgan fingerprint density at radius 3 is 2.23 bits per heavy atom. The Morgan fingerprint density at radius 1 is 0.867 bits per heavy atom. The molecule has 7 rings (SSSR count). The number of carbonyl (C=O) groups is 1. The fourth-order valence-corrected chi connectivity index (χ4v) is 5.72. The van der Waals surface area contributed by atoms with Crippen LogP contribution in [-0.2, 0) is 11.2 Å². The van der Waals surface area contributed by atoms with Crippen molar-refractivity contribution in [2.24, 2.45) is 5.92 Å². The highest BCUT2D eigenvalue weighted by molar-refractivity contribution is 5.88. The molecule has 1 heterocycles. The van der Waals surface area contributed by atoms with Gasteiger partial charge in [0.25, 0.3) is 0 Å². The van der Waals surface area contributed by atoms with Crippen molar-refractivity contribution < 1.29 is 4.79 Å². The topological polar surface area (TPSA) is 44.9 Å². The standard InChI is InChI=1S/C27H24N2O/c30-26(14-17-15-28-25-12-6-5-7-19(17)25)29-16-18-13-24-20-8-1-3-10-22(20)27(18)23-11-4-2-9-21(23)24/h1-12,15,18,24,27-28H,13-14,16H2,(H,29,30). The second-order valence-electron chi connectivity index (χ2n) is 8.62. The van der Waals surface area contributed by atoms with E-state index in [1.807, 2.05) is 24.4 Å². The van der Waals surface area contributed by atoms with Crippen LogP contribution in [0.1, 0.15) is 46.1 Å². The molecule has 30 heavy (non-hydrogen) atoms. The van der Waals surface area contributed by atoms with Crippen LogP contribution in [0.2, 0.25) is 0 Å². The first-order chi connectivity index (χ1) is 14.8. The Kier molecular flexibility index (Phi) is 4.02. The van der Waals surface area contributed by atoms with Gasteiger partial charge in [0.2, 0.25) is 5.91 Å². The lowest BCUT2D eigenvalue weighted by Gasteiger charge is -2.45. The summed E-state index contributed by atoms with van der Waals surface area (Å²) >= 11 is 0. The number of carbonyl (C=O) groups excluding carboxylic acids is 1. The minimum atomic E-state index is 0.0998. The average molecular weight is 393 g/mol. The number of hydrogen-bond acceptors (Lipinski definition) is 1. The van der Waals surface area contributed by atoms with Gasteiger partial charge in [0.05, 0.1) is 6.42 Å². The van der Waals surface area contributed by atoms with Crippen LogP contribution in [0.15, 0.2) is 79.0 Å². The second-order valence-corrected chi connectivity index (χ2v) is 8.62. The quantitative estimate of drug-likeness (QED) is 0.497. The number of nitrogens with one attached hydrogen (secondary N) is 2. The Balaban J connectivity index is 1.22. The Bertz CT molecular complexity index is 1210. The highest BCUT2D eigenvalue weighted by Gasteiger charge is 2.42. The molecule has 0 fully saturated rings. The van der Waals surface area contributed by atoms with Gasteiger partial charge in [0.15, 0.2) is 0 Å². The molecule has 1 aromatic heterocycles. The SMILES string of the molecule is O=C(Cc1c[nH]c2ccccc12)NCC1CC2c3ccccc3C1c1ccccc12. The zero-order valence-electron chi connectivity index (χ0n) is 16.8. The van der Waals surface area contributed by atoms with Gasteiger partial charge in [-0.15, -0.1) is 0 Å². The molecule has 148 valence electrons. The third kappa shape index (κ3) is 2.69. The van der Waals surface area contributed by atoms with Crippen molar-refractivity contribution in [1.82, 2.24) is 10.3 Å². The number of benzene rings is 3. The van der Waals surface area contributed by atoms with Crippen LogP contribution in [0.4, 0.5) is 0 Å². The Hall–Kier alpha value is -3.33. The Labute approximate surface area is 176 Å². The fraction of sp³-hybridized carbons (Fsp3) is 0.222. The molecule has 3 nitrogen and oxygen atoms in total. The first-order valence-corrected chi connectivity index (χ1v) is 10.8. The van der Waals surface area contributed by atoms with Gasteiger partial charge in [0.1, 0.15) is 0 Å². The number of fused-ring (bicyclic) bond motifs is 2. The van der Waals surface area contributed by atoms with Crippen molar-refractivity contribution in [3.8, 4) is 0 Å². The van der Waals surface area contributed by atoms with E-state index in [0.717, 1.165) is 29.4 Å². The molecular formula is C27H24N2O. The van der Waals surface area contributed by atoms with Crippen LogP contribution >= 0.6 is 0 Å². The lowest BCUT2D eigenvalue weighted by molar-refractivity contribution is -0.120. The molecule has 3 heteroatoms. The molecule has 1 amide bonds. The van der Waals surface area contributed by atoms with Crippen molar-refractivity contribution in [3.63, 3.8) is 0 Å². The summed E-state index contributed by atoms with van der Waals surface area (Å²) in [4.78, 5) is 16.0. The smallest absolute Gasteiger partial charge is 0.224 e. The molecule has 0 radical (unpaired) electrons. The highest BCUT2D eigenvalue weighted by atomic mass is 16.1. The first-order valence-electron chi connectivity index (χ1n) is 10.8. The number of H-pyrrole nitrogens is 1. The molecule has 3 aliphatic carbocycles. The van der Waals surface area contributed by atoms with Crippen molar-refractivity contribution in [2.45, 2.75) is 24.7 Å². The van der Waals surface area contributed by atoms with E-state index in [9.17, 15) is 4.79 Å². The predicted molar refractivity (Wildman–Crippen MR) is 120 cm³/mol. The summed E-state index contributed by atoms with van der Waals surface area (Å²) in [5, 5.41) is 4.38. The van der Waals surface area contributed by atoms with Gasteiger partial charge >= 0.3 is 0 Å². The lowest BCUT2D eigenvalue weighted by atomic mass is 9.59. The van der Waals surface area contributed by atoms with E-state index in [1.165, 1.54) is 22.3 Å². The molecule has 0 aliphatic heterocycles. The maximum absolute atomic E-state index is 12.8.